The van der Waals surface area contributed by atoms with Gasteiger partial charge in [0, 0.05) is 24.7 Å². The van der Waals surface area contributed by atoms with Crippen LogP contribution in [0.4, 0.5) is 0 Å². The van der Waals surface area contributed by atoms with E-state index in [-0.39, 0.29) is 6.61 Å². The van der Waals surface area contributed by atoms with E-state index in [9.17, 15) is 5.11 Å². The van der Waals surface area contributed by atoms with Crippen LogP contribution in [-0.4, -0.2) is 28.3 Å². The fourth-order valence-electron chi connectivity index (χ4n) is 2.50. The summed E-state index contributed by atoms with van der Waals surface area (Å²) in [5.41, 5.74) is 1.84. The maximum Gasteiger partial charge on any atom is 0.167 e. The standard InChI is InChI=1S/C18H20N2O3/c1-14-7-8-17(22-14)13-20(9-10-21)12-16-11-18(23-19-16)15-5-3-2-4-6-15/h2-8,11,21H,9-10,12-13H2,1H3. The molecule has 0 saturated carbocycles. The minimum Gasteiger partial charge on any atom is -0.465 e. The zero-order valence-corrected chi connectivity index (χ0v) is 13.1. The highest BCUT2D eigenvalue weighted by Gasteiger charge is 2.13. The van der Waals surface area contributed by atoms with Gasteiger partial charge in [-0.25, -0.2) is 0 Å². The molecule has 0 aliphatic rings. The molecule has 0 spiro atoms. The summed E-state index contributed by atoms with van der Waals surface area (Å²) < 4.78 is 11.0. The normalized spacial score (nSPS) is 11.3. The van der Waals surface area contributed by atoms with Crippen LogP contribution < -0.4 is 0 Å². The van der Waals surface area contributed by atoms with Gasteiger partial charge in [-0.15, -0.1) is 0 Å². The summed E-state index contributed by atoms with van der Waals surface area (Å²) in [6, 6.07) is 15.7. The number of benzene rings is 1. The van der Waals surface area contributed by atoms with E-state index in [1.165, 1.54) is 0 Å². The highest BCUT2D eigenvalue weighted by molar-refractivity contribution is 5.56. The maximum absolute atomic E-state index is 9.27. The summed E-state index contributed by atoms with van der Waals surface area (Å²) in [7, 11) is 0. The van der Waals surface area contributed by atoms with Gasteiger partial charge in [-0.2, -0.15) is 0 Å². The lowest BCUT2D eigenvalue weighted by atomic mass is 10.1. The molecule has 1 aromatic carbocycles. The molecule has 0 bridgehead atoms. The first-order valence-corrected chi connectivity index (χ1v) is 7.64. The minimum atomic E-state index is 0.0864. The minimum absolute atomic E-state index is 0.0864. The topological polar surface area (TPSA) is 62.6 Å². The summed E-state index contributed by atoms with van der Waals surface area (Å²) in [6.07, 6.45) is 0. The number of hydrogen-bond donors (Lipinski definition) is 1. The Balaban J connectivity index is 1.69. The van der Waals surface area contributed by atoms with Crippen molar-refractivity contribution in [2.75, 3.05) is 13.2 Å². The highest BCUT2D eigenvalue weighted by Crippen LogP contribution is 2.21. The average Bonchev–Trinajstić information content (AvgIpc) is 3.18. The molecule has 5 nitrogen and oxygen atoms in total. The Kier molecular flexibility index (Phi) is 4.90. The predicted molar refractivity (Wildman–Crippen MR) is 86.6 cm³/mol. The van der Waals surface area contributed by atoms with Gasteiger partial charge >= 0.3 is 0 Å². The summed E-state index contributed by atoms with van der Waals surface area (Å²) >= 11 is 0. The molecule has 2 aromatic heterocycles. The Bertz CT molecular complexity index is 734. The van der Waals surface area contributed by atoms with Crippen LogP contribution in [0.2, 0.25) is 0 Å². The van der Waals surface area contributed by atoms with Gasteiger partial charge < -0.3 is 14.0 Å². The zero-order valence-electron chi connectivity index (χ0n) is 13.1. The monoisotopic (exact) mass is 312 g/mol. The van der Waals surface area contributed by atoms with Crippen molar-refractivity contribution in [1.29, 1.82) is 0 Å². The summed E-state index contributed by atoms with van der Waals surface area (Å²) in [4.78, 5) is 2.07. The molecular weight excluding hydrogens is 292 g/mol. The fraction of sp³-hybridized carbons (Fsp3) is 0.278. The van der Waals surface area contributed by atoms with E-state index >= 15 is 0 Å². The second-order valence-electron chi connectivity index (χ2n) is 5.50. The molecule has 3 rings (SSSR count). The van der Waals surface area contributed by atoms with Gasteiger partial charge in [-0.05, 0) is 19.1 Å². The van der Waals surface area contributed by atoms with Crippen molar-refractivity contribution >= 4 is 0 Å². The van der Waals surface area contributed by atoms with Crippen LogP contribution in [0.15, 0.2) is 57.5 Å². The van der Waals surface area contributed by atoms with Crippen LogP contribution in [0.25, 0.3) is 11.3 Å². The molecular formula is C18H20N2O3. The Hall–Kier alpha value is -2.37. The summed E-state index contributed by atoms with van der Waals surface area (Å²) in [6.45, 7) is 3.78. The highest BCUT2D eigenvalue weighted by atomic mass is 16.5. The van der Waals surface area contributed by atoms with Crippen molar-refractivity contribution in [1.82, 2.24) is 10.1 Å². The van der Waals surface area contributed by atoms with E-state index in [1.54, 1.807) is 0 Å². The molecule has 2 heterocycles. The summed E-state index contributed by atoms with van der Waals surface area (Å²) in [5, 5.41) is 13.4. The molecule has 0 aliphatic heterocycles. The quantitative estimate of drug-likeness (QED) is 0.725. The molecule has 0 amide bonds. The van der Waals surface area contributed by atoms with Crippen molar-refractivity contribution in [3.63, 3.8) is 0 Å². The first-order valence-electron chi connectivity index (χ1n) is 7.64. The van der Waals surface area contributed by atoms with Crippen molar-refractivity contribution in [2.24, 2.45) is 0 Å². The largest absolute Gasteiger partial charge is 0.465 e. The Labute approximate surface area is 135 Å². The van der Waals surface area contributed by atoms with Gasteiger partial charge in [0.2, 0.25) is 0 Å². The molecule has 0 fully saturated rings. The molecule has 120 valence electrons. The second-order valence-corrected chi connectivity index (χ2v) is 5.50. The zero-order chi connectivity index (χ0) is 16.1. The van der Waals surface area contributed by atoms with E-state index in [4.69, 9.17) is 8.94 Å². The Morgan fingerprint density at radius 1 is 1.09 bits per heavy atom. The number of nitrogens with zero attached hydrogens (tertiary/aromatic N) is 2. The SMILES string of the molecule is Cc1ccc(CN(CCO)Cc2cc(-c3ccccc3)on2)o1. The second kappa shape index (κ2) is 7.26. The lowest BCUT2D eigenvalue weighted by molar-refractivity contribution is 0.171. The van der Waals surface area contributed by atoms with E-state index in [0.717, 1.165) is 28.5 Å². The van der Waals surface area contributed by atoms with Crippen molar-refractivity contribution in [2.45, 2.75) is 20.0 Å². The first kappa shape index (κ1) is 15.5. The molecule has 0 unspecified atom stereocenters. The van der Waals surface area contributed by atoms with E-state index in [0.29, 0.717) is 19.6 Å². The Morgan fingerprint density at radius 2 is 1.91 bits per heavy atom. The van der Waals surface area contributed by atoms with Gasteiger partial charge in [-0.1, -0.05) is 35.5 Å². The molecule has 23 heavy (non-hydrogen) atoms. The average molecular weight is 312 g/mol. The number of furan rings is 1. The third-order valence-electron chi connectivity index (χ3n) is 3.59. The Morgan fingerprint density at radius 3 is 2.61 bits per heavy atom. The lowest BCUT2D eigenvalue weighted by Gasteiger charge is -2.18. The molecule has 1 N–H and O–H groups in total. The molecule has 0 saturated heterocycles. The van der Waals surface area contributed by atoms with Gasteiger partial charge in [0.15, 0.2) is 5.76 Å². The van der Waals surface area contributed by atoms with Crippen LogP contribution in [0.1, 0.15) is 17.2 Å². The van der Waals surface area contributed by atoms with Crippen LogP contribution >= 0.6 is 0 Å². The van der Waals surface area contributed by atoms with Gasteiger partial charge in [0.25, 0.3) is 0 Å². The van der Waals surface area contributed by atoms with Crippen molar-refractivity contribution < 1.29 is 14.0 Å². The van der Waals surface area contributed by atoms with E-state index in [1.807, 2.05) is 55.5 Å². The van der Waals surface area contributed by atoms with Crippen LogP contribution in [-0.2, 0) is 13.1 Å². The maximum atomic E-state index is 9.27. The smallest absolute Gasteiger partial charge is 0.167 e. The molecule has 3 aromatic rings. The molecule has 0 aliphatic carbocycles. The van der Waals surface area contributed by atoms with E-state index in [2.05, 4.69) is 10.1 Å². The van der Waals surface area contributed by atoms with Crippen LogP contribution in [0.3, 0.4) is 0 Å². The van der Waals surface area contributed by atoms with Gasteiger partial charge in [-0.3, -0.25) is 4.90 Å². The van der Waals surface area contributed by atoms with Gasteiger partial charge in [0.1, 0.15) is 11.5 Å². The van der Waals surface area contributed by atoms with E-state index < -0.39 is 0 Å². The third kappa shape index (κ3) is 4.09. The number of aliphatic hydroxyl groups excluding tert-OH is 1. The van der Waals surface area contributed by atoms with Crippen molar-refractivity contribution in [3.8, 4) is 11.3 Å². The summed E-state index contributed by atoms with van der Waals surface area (Å²) in [5.74, 6) is 2.51. The van der Waals surface area contributed by atoms with Crippen molar-refractivity contribution in [3.05, 3.63) is 65.7 Å². The van der Waals surface area contributed by atoms with Crippen LogP contribution in [0, 0.1) is 6.92 Å². The number of rotatable bonds is 7. The van der Waals surface area contributed by atoms with Gasteiger partial charge in [0.05, 0.1) is 18.8 Å². The molecule has 0 atom stereocenters. The fourth-order valence-corrected chi connectivity index (χ4v) is 2.50. The number of aryl methyl sites for hydroxylation is 1. The first-order chi connectivity index (χ1) is 11.2. The number of aromatic nitrogens is 1. The van der Waals surface area contributed by atoms with Crippen LogP contribution in [0.5, 0.6) is 0 Å². The molecule has 5 heteroatoms. The third-order valence-corrected chi connectivity index (χ3v) is 3.59. The predicted octanol–water partition coefficient (Wildman–Crippen LogP) is 3.24. The number of aliphatic hydroxyl groups is 1. The number of hydrogen-bond acceptors (Lipinski definition) is 5. The molecule has 0 radical (unpaired) electrons. The lowest BCUT2D eigenvalue weighted by Crippen LogP contribution is -2.26.